The zero-order valence-corrected chi connectivity index (χ0v) is 9.95. The zero-order chi connectivity index (χ0) is 11.5. The quantitative estimate of drug-likeness (QED) is 0.308. The molecule has 0 amide bonds. The van der Waals surface area contributed by atoms with Crippen LogP contribution in [0.1, 0.15) is 32.6 Å². The molecule has 0 aromatic carbocycles. The van der Waals surface area contributed by atoms with Crippen LogP contribution in [0, 0.1) is 17.8 Å². The molecule has 2 aliphatic rings. The molecule has 2 bridgehead atoms. The van der Waals surface area contributed by atoms with E-state index in [2.05, 4.69) is 18.7 Å². The molecule has 0 N–H and O–H groups in total. The Labute approximate surface area is 97.4 Å². The van der Waals surface area contributed by atoms with Gasteiger partial charge in [-0.05, 0) is 50.4 Å². The minimum absolute atomic E-state index is 0.257. The van der Waals surface area contributed by atoms with Gasteiger partial charge in [0.15, 0.2) is 0 Å². The second-order valence-corrected chi connectivity index (χ2v) is 5.10. The summed E-state index contributed by atoms with van der Waals surface area (Å²) >= 11 is 0. The fourth-order valence-electron chi connectivity index (χ4n) is 2.86. The van der Waals surface area contributed by atoms with Crippen LogP contribution in [0.3, 0.4) is 0 Å². The summed E-state index contributed by atoms with van der Waals surface area (Å²) in [6.45, 7) is 5.79. The molecule has 1 fully saturated rings. The Hall–Kier alpha value is -1.05. The lowest BCUT2D eigenvalue weighted by atomic mass is 9.89. The molecule has 0 aromatic rings. The second-order valence-electron chi connectivity index (χ2n) is 5.10. The molecular formula is C14H20O2. The SMILES string of the molecule is C=C(C)C(=O)OCCCC1CC2C=CC1C2. The Kier molecular flexibility index (Phi) is 3.47. The molecule has 2 heteroatoms. The van der Waals surface area contributed by atoms with E-state index in [0.29, 0.717) is 12.2 Å². The van der Waals surface area contributed by atoms with Crippen molar-refractivity contribution in [3.8, 4) is 0 Å². The lowest BCUT2D eigenvalue weighted by Gasteiger charge is -2.17. The summed E-state index contributed by atoms with van der Waals surface area (Å²) in [4.78, 5) is 11.1. The van der Waals surface area contributed by atoms with E-state index in [1.807, 2.05) is 0 Å². The third-order valence-corrected chi connectivity index (χ3v) is 3.72. The summed E-state index contributed by atoms with van der Waals surface area (Å²) < 4.78 is 5.09. The fourth-order valence-corrected chi connectivity index (χ4v) is 2.86. The largest absolute Gasteiger partial charge is 0.462 e. The Morgan fingerprint density at radius 2 is 2.25 bits per heavy atom. The van der Waals surface area contributed by atoms with E-state index in [4.69, 9.17) is 4.74 Å². The number of allylic oxidation sites excluding steroid dienone is 2. The molecule has 2 nitrogen and oxygen atoms in total. The van der Waals surface area contributed by atoms with E-state index in [1.165, 1.54) is 19.3 Å². The number of esters is 1. The van der Waals surface area contributed by atoms with Gasteiger partial charge >= 0.3 is 5.97 Å². The van der Waals surface area contributed by atoms with Gasteiger partial charge in [-0.2, -0.15) is 0 Å². The van der Waals surface area contributed by atoms with Crippen molar-refractivity contribution in [1.82, 2.24) is 0 Å². The highest BCUT2D eigenvalue weighted by molar-refractivity contribution is 5.86. The standard InChI is InChI=1S/C14H20O2/c1-10(2)14(15)16-7-3-4-12-8-11-5-6-13(12)9-11/h5-6,11-13H,1,3-4,7-9H2,2H3. The number of fused-ring (bicyclic) bond motifs is 2. The molecule has 2 aliphatic carbocycles. The lowest BCUT2D eigenvalue weighted by molar-refractivity contribution is -0.139. The maximum atomic E-state index is 11.1. The van der Waals surface area contributed by atoms with Crippen LogP contribution in [0.5, 0.6) is 0 Å². The number of hydrogen-bond acceptors (Lipinski definition) is 2. The van der Waals surface area contributed by atoms with Crippen LogP contribution in [-0.2, 0) is 9.53 Å². The normalized spacial score (nSPS) is 30.7. The van der Waals surface area contributed by atoms with Gasteiger partial charge in [0.05, 0.1) is 6.61 Å². The first-order valence-corrected chi connectivity index (χ1v) is 6.18. The number of carbonyl (C=O) groups is 1. The lowest BCUT2D eigenvalue weighted by Crippen LogP contribution is -2.10. The van der Waals surface area contributed by atoms with Crippen LogP contribution in [0.4, 0.5) is 0 Å². The molecule has 3 unspecified atom stereocenters. The Bertz CT molecular complexity index is 317. The number of rotatable bonds is 5. The van der Waals surface area contributed by atoms with E-state index in [9.17, 15) is 4.79 Å². The van der Waals surface area contributed by atoms with Gasteiger partial charge in [0.2, 0.25) is 0 Å². The van der Waals surface area contributed by atoms with Gasteiger partial charge in [-0.25, -0.2) is 4.79 Å². The van der Waals surface area contributed by atoms with Crippen molar-refractivity contribution in [2.45, 2.75) is 32.6 Å². The third-order valence-electron chi connectivity index (χ3n) is 3.72. The monoisotopic (exact) mass is 220 g/mol. The number of carbonyl (C=O) groups excluding carboxylic acids is 1. The summed E-state index contributed by atoms with van der Waals surface area (Å²) in [5.41, 5.74) is 0.489. The first-order chi connectivity index (χ1) is 7.66. The molecular weight excluding hydrogens is 200 g/mol. The van der Waals surface area contributed by atoms with Crippen molar-refractivity contribution in [2.24, 2.45) is 17.8 Å². The third kappa shape index (κ3) is 2.55. The molecule has 0 spiro atoms. The Balaban J connectivity index is 1.61. The predicted octanol–water partition coefficient (Wildman–Crippen LogP) is 3.10. The average molecular weight is 220 g/mol. The molecule has 0 aromatic heterocycles. The molecule has 0 aliphatic heterocycles. The molecule has 3 atom stereocenters. The van der Waals surface area contributed by atoms with Gasteiger partial charge in [0.25, 0.3) is 0 Å². The maximum Gasteiger partial charge on any atom is 0.333 e. The van der Waals surface area contributed by atoms with Crippen molar-refractivity contribution >= 4 is 5.97 Å². The highest BCUT2D eigenvalue weighted by Gasteiger charge is 2.34. The summed E-state index contributed by atoms with van der Waals surface area (Å²) in [6, 6.07) is 0. The van der Waals surface area contributed by atoms with Gasteiger partial charge in [0, 0.05) is 5.57 Å². The van der Waals surface area contributed by atoms with Gasteiger partial charge in [-0.15, -0.1) is 0 Å². The average Bonchev–Trinajstić information content (AvgIpc) is 2.85. The molecule has 0 saturated heterocycles. The van der Waals surface area contributed by atoms with E-state index in [1.54, 1.807) is 6.92 Å². The zero-order valence-electron chi connectivity index (χ0n) is 9.95. The van der Waals surface area contributed by atoms with Crippen LogP contribution in [-0.4, -0.2) is 12.6 Å². The van der Waals surface area contributed by atoms with Gasteiger partial charge in [-0.3, -0.25) is 0 Å². The van der Waals surface area contributed by atoms with Crippen LogP contribution < -0.4 is 0 Å². The van der Waals surface area contributed by atoms with Crippen molar-refractivity contribution in [2.75, 3.05) is 6.61 Å². The van der Waals surface area contributed by atoms with Crippen molar-refractivity contribution in [1.29, 1.82) is 0 Å². The van der Waals surface area contributed by atoms with Crippen molar-refractivity contribution in [3.05, 3.63) is 24.3 Å². The molecule has 1 saturated carbocycles. The van der Waals surface area contributed by atoms with Crippen molar-refractivity contribution < 1.29 is 9.53 Å². The summed E-state index contributed by atoms with van der Waals surface area (Å²) in [5, 5.41) is 0. The molecule has 0 radical (unpaired) electrons. The second kappa shape index (κ2) is 4.86. The minimum atomic E-state index is -0.257. The smallest absolute Gasteiger partial charge is 0.333 e. The number of hydrogen-bond donors (Lipinski definition) is 0. The summed E-state index contributed by atoms with van der Waals surface area (Å²) in [6.07, 6.45) is 9.61. The van der Waals surface area contributed by atoms with Gasteiger partial charge < -0.3 is 4.74 Å². The Morgan fingerprint density at radius 3 is 2.81 bits per heavy atom. The number of ether oxygens (including phenoxy) is 1. The van der Waals surface area contributed by atoms with E-state index >= 15 is 0 Å². The van der Waals surface area contributed by atoms with Crippen molar-refractivity contribution in [3.63, 3.8) is 0 Å². The first kappa shape index (κ1) is 11.4. The fraction of sp³-hybridized carbons (Fsp3) is 0.643. The van der Waals surface area contributed by atoms with E-state index in [-0.39, 0.29) is 5.97 Å². The summed E-state index contributed by atoms with van der Waals surface area (Å²) in [7, 11) is 0. The predicted molar refractivity (Wildman–Crippen MR) is 63.9 cm³/mol. The van der Waals surface area contributed by atoms with Crippen LogP contribution in [0.2, 0.25) is 0 Å². The van der Waals surface area contributed by atoms with E-state index < -0.39 is 0 Å². The highest BCUT2D eigenvalue weighted by Crippen LogP contribution is 2.45. The maximum absolute atomic E-state index is 11.1. The molecule has 88 valence electrons. The van der Waals surface area contributed by atoms with Gasteiger partial charge in [0.1, 0.15) is 0 Å². The van der Waals surface area contributed by atoms with Crippen LogP contribution in [0.15, 0.2) is 24.3 Å². The van der Waals surface area contributed by atoms with Gasteiger partial charge in [-0.1, -0.05) is 18.7 Å². The molecule has 2 rings (SSSR count). The molecule has 0 heterocycles. The molecule has 16 heavy (non-hydrogen) atoms. The highest BCUT2D eigenvalue weighted by atomic mass is 16.5. The van der Waals surface area contributed by atoms with E-state index in [0.717, 1.165) is 24.2 Å². The topological polar surface area (TPSA) is 26.3 Å². The Morgan fingerprint density at radius 1 is 1.44 bits per heavy atom. The van der Waals surface area contributed by atoms with Crippen LogP contribution >= 0.6 is 0 Å². The minimum Gasteiger partial charge on any atom is -0.462 e. The summed E-state index contributed by atoms with van der Waals surface area (Å²) in [5.74, 6) is 2.22. The van der Waals surface area contributed by atoms with Crippen LogP contribution in [0.25, 0.3) is 0 Å². The first-order valence-electron chi connectivity index (χ1n) is 6.18.